The summed E-state index contributed by atoms with van der Waals surface area (Å²) < 4.78 is 5.39. The maximum atomic E-state index is 12.6. The van der Waals surface area contributed by atoms with Gasteiger partial charge in [0.15, 0.2) is 5.78 Å². The summed E-state index contributed by atoms with van der Waals surface area (Å²) in [4.78, 5) is 14.8. The quantitative estimate of drug-likeness (QED) is 0.879. The summed E-state index contributed by atoms with van der Waals surface area (Å²) in [7, 11) is 0. The smallest absolute Gasteiger partial charge is 0.155 e. The molecule has 108 valence electrons. The van der Waals surface area contributed by atoms with Gasteiger partial charge in [0, 0.05) is 31.5 Å². The number of hydrogen-bond acceptors (Lipinski definition) is 4. The van der Waals surface area contributed by atoms with Gasteiger partial charge >= 0.3 is 0 Å². The van der Waals surface area contributed by atoms with Crippen molar-refractivity contribution in [1.82, 2.24) is 4.90 Å². The summed E-state index contributed by atoms with van der Waals surface area (Å²) >= 11 is 0. The molecule has 4 nitrogen and oxygen atoms in total. The van der Waals surface area contributed by atoms with Crippen LogP contribution in [-0.4, -0.2) is 48.6 Å². The maximum Gasteiger partial charge on any atom is 0.155 e. The zero-order valence-electron chi connectivity index (χ0n) is 11.9. The van der Waals surface area contributed by atoms with E-state index in [9.17, 15) is 4.79 Å². The standard InChI is InChI=1S/C16H22N2O2/c1-16(18-7-9-20-10-8-18)14(19)11-13(15(16)17)12-5-3-2-4-6-12/h2-6,13,15H,7-11,17H2,1H3/t13-,15?,16-/m1/s1. The van der Waals surface area contributed by atoms with Crippen LogP contribution in [0.15, 0.2) is 30.3 Å². The first kappa shape index (κ1) is 13.7. The Hall–Kier alpha value is -1.23. The number of ether oxygens (including phenoxy) is 1. The van der Waals surface area contributed by atoms with Crippen LogP contribution in [0.4, 0.5) is 0 Å². The average Bonchev–Trinajstić information content (AvgIpc) is 2.74. The molecule has 0 bridgehead atoms. The molecule has 0 amide bonds. The molecule has 1 unspecified atom stereocenters. The fourth-order valence-electron chi connectivity index (χ4n) is 3.55. The van der Waals surface area contributed by atoms with Crippen LogP contribution in [0, 0.1) is 0 Å². The van der Waals surface area contributed by atoms with Gasteiger partial charge in [-0.05, 0) is 12.5 Å². The predicted molar refractivity (Wildman–Crippen MR) is 77.6 cm³/mol. The molecule has 2 fully saturated rings. The van der Waals surface area contributed by atoms with Crippen molar-refractivity contribution in [3.63, 3.8) is 0 Å². The van der Waals surface area contributed by atoms with Gasteiger partial charge in [-0.15, -0.1) is 0 Å². The van der Waals surface area contributed by atoms with Crippen LogP contribution in [0.1, 0.15) is 24.8 Å². The minimum absolute atomic E-state index is 0.122. The summed E-state index contributed by atoms with van der Waals surface area (Å²) in [6.07, 6.45) is 0.541. The van der Waals surface area contributed by atoms with Crippen LogP contribution in [0.2, 0.25) is 0 Å². The highest BCUT2D eigenvalue weighted by Crippen LogP contribution is 2.41. The molecule has 3 rings (SSSR count). The first-order chi connectivity index (χ1) is 9.64. The Labute approximate surface area is 119 Å². The Morgan fingerprint density at radius 2 is 1.90 bits per heavy atom. The van der Waals surface area contributed by atoms with E-state index in [-0.39, 0.29) is 17.7 Å². The average molecular weight is 274 g/mol. The molecule has 3 atom stereocenters. The number of carbonyl (C=O) groups excluding carboxylic acids is 1. The molecule has 1 aliphatic carbocycles. The molecule has 1 saturated heterocycles. The van der Waals surface area contributed by atoms with Crippen molar-refractivity contribution in [2.24, 2.45) is 5.73 Å². The number of ketones is 1. The highest BCUT2D eigenvalue weighted by molar-refractivity contribution is 5.92. The molecule has 1 heterocycles. The van der Waals surface area contributed by atoms with E-state index in [1.54, 1.807) is 0 Å². The molecular formula is C16H22N2O2. The Morgan fingerprint density at radius 1 is 1.25 bits per heavy atom. The number of Topliss-reactive ketones (excluding diaryl/α,β-unsaturated/α-hetero) is 1. The van der Waals surface area contributed by atoms with E-state index in [1.807, 2.05) is 25.1 Å². The van der Waals surface area contributed by atoms with Gasteiger partial charge in [0.25, 0.3) is 0 Å². The fourth-order valence-corrected chi connectivity index (χ4v) is 3.55. The number of carbonyl (C=O) groups is 1. The third-order valence-electron chi connectivity index (χ3n) is 4.95. The number of rotatable bonds is 2. The molecule has 1 aromatic carbocycles. The lowest BCUT2D eigenvalue weighted by atomic mass is 9.86. The van der Waals surface area contributed by atoms with E-state index in [2.05, 4.69) is 17.0 Å². The summed E-state index contributed by atoms with van der Waals surface area (Å²) in [5, 5.41) is 0. The molecule has 0 spiro atoms. The van der Waals surface area contributed by atoms with Crippen LogP contribution in [0.3, 0.4) is 0 Å². The number of hydrogen-bond donors (Lipinski definition) is 1. The van der Waals surface area contributed by atoms with E-state index < -0.39 is 5.54 Å². The molecular weight excluding hydrogens is 252 g/mol. The van der Waals surface area contributed by atoms with Crippen LogP contribution >= 0.6 is 0 Å². The summed E-state index contributed by atoms with van der Waals surface area (Å²) in [5.74, 6) is 0.386. The summed E-state index contributed by atoms with van der Waals surface area (Å²) in [6.45, 7) is 4.96. The molecule has 1 aliphatic heterocycles. The van der Waals surface area contributed by atoms with E-state index >= 15 is 0 Å². The van der Waals surface area contributed by atoms with Crippen molar-refractivity contribution in [3.8, 4) is 0 Å². The van der Waals surface area contributed by atoms with Gasteiger partial charge in [0.2, 0.25) is 0 Å². The lowest BCUT2D eigenvalue weighted by Gasteiger charge is -2.42. The number of benzene rings is 1. The molecule has 2 aliphatic rings. The van der Waals surface area contributed by atoms with E-state index in [0.717, 1.165) is 13.1 Å². The Morgan fingerprint density at radius 3 is 2.55 bits per heavy atom. The zero-order valence-corrected chi connectivity index (χ0v) is 11.9. The molecule has 20 heavy (non-hydrogen) atoms. The molecule has 2 N–H and O–H groups in total. The normalized spacial score (nSPS) is 35.4. The van der Waals surface area contributed by atoms with E-state index in [1.165, 1.54) is 5.56 Å². The second-order valence-electron chi connectivity index (χ2n) is 5.92. The second kappa shape index (κ2) is 5.28. The van der Waals surface area contributed by atoms with Crippen molar-refractivity contribution >= 4 is 5.78 Å². The highest BCUT2D eigenvalue weighted by Gasteiger charge is 2.53. The third-order valence-corrected chi connectivity index (χ3v) is 4.95. The van der Waals surface area contributed by atoms with Gasteiger partial charge in [0.1, 0.15) is 0 Å². The molecule has 4 heteroatoms. The second-order valence-corrected chi connectivity index (χ2v) is 5.92. The minimum Gasteiger partial charge on any atom is -0.379 e. The van der Waals surface area contributed by atoms with Crippen LogP contribution in [-0.2, 0) is 9.53 Å². The number of nitrogens with two attached hydrogens (primary N) is 1. The van der Waals surface area contributed by atoms with Crippen LogP contribution in [0.25, 0.3) is 0 Å². The summed E-state index contributed by atoms with van der Waals surface area (Å²) in [5.41, 5.74) is 7.13. The molecule has 0 aromatic heterocycles. The zero-order chi connectivity index (χ0) is 14.2. The van der Waals surface area contributed by atoms with Crippen molar-refractivity contribution in [2.75, 3.05) is 26.3 Å². The monoisotopic (exact) mass is 274 g/mol. The van der Waals surface area contributed by atoms with Gasteiger partial charge in [0.05, 0.1) is 18.8 Å². The molecule has 1 saturated carbocycles. The van der Waals surface area contributed by atoms with E-state index in [4.69, 9.17) is 10.5 Å². The third kappa shape index (κ3) is 2.08. The number of morpholine rings is 1. The highest BCUT2D eigenvalue weighted by atomic mass is 16.5. The fraction of sp³-hybridized carbons (Fsp3) is 0.562. The number of nitrogens with zero attached hydrogens (tertiary/aromatic N) is 1. The molecule has 1 aromatic rings. The predicted octanol–water partition coefficient (Wildman–Crippen LogP) is 1.16. The Kier molecular flexibility index (Phi) is 3.63. The Bertz CT molecular complexity index is 485. The van der Waals surface area contributed by atoms with Crippen molar-refractivity contribution in [2.45, 2.75) is 30.8 Å². The van der Waals surface area contributed by atoms with Crippen molar-refractivity contribution in [1.29, 1.82) is 0 Å². The largest absolute Gasteiger partial charge is 0.379 e. The van der Waals surface area contributed by atoms with Gasteiger partial charge in [-0.1, -0.05) is 30.3 Å². The Balaban J connectivity index is 1.88. The van der Waals surface area contributed by atoms with Crippen LogP contribution in [0.5, 0.6) is 0 Å². The first-order valence-electron chi connectivity index (χ1n) is 7.30. The summed E-state index contributed by atoms with van der Waals surface area (Å²) in [6, 6.07) is 10.0. The SMILES string of the molecule is C[C@@]1(N2CCOCC2)C(=O)C[C@H](c2ccccc2)C1N. The van der Waals surface area contributed by atoms with Crippen molar-refractivity contribution < 1.29 is 9.53 Å². The van der Waals surface area contributed by atoms with Crippen molar-refractivity contribution in [3.05, 3.63) is 35.9 Å². The topological polar surface area (TPSA) is 55.6 Å². The molecule has 0 radical (unpaired) electrons. The van der Waals surface area contributed by atoms with Gasteiger partial charge < -0.3 is 10.5 Å². The minimum atomic E-state index is -0.551. The van der Waals surface area contributed by atoms with Gasteiger partial charge in [-0.2, -0.15) is 0 Å². The maximum absolute atomic E-state index is 12.6. The van der Waals surface area contributed by atoms with Gasteiger partial charge in [-0.25, -0.2) is 0 Å². The van der Waals surface area contributed by atoms with E-state index in [0.29, 0.717) is 19.6 Å². The lowest BCUT2D eigenvalue weighted by molar-refractivity contribution is -0.130. The first-order valence-corrected chi connectivity index (χ1v) is 7.30. The van der Waals surface area contributed by atoms with Crippen LogP contribution < -0.4 is 5.73 Å². The van der Waals surface area contributed by atoms with Gasteiger partial charge in [-0.3, -0.25) is 9.69 Å². The lowest BCUT2D eigenvalue weighted by Crippen LogP contribution is -2.62.